The SMILES string of the molecule is O=C(C1Cc2ccccc2N2CCCCC12)N1CCN(c2cccc(C(F)(F)F)c2)CC1. The maximum Gasteiger partial charge on any atom is 0.416 e. The van der Waals surface area contributed by atoms with Crippen molar-refractivity contribution in [3.8, 4) is 0 Å². The van der Waals surface area contributed by atoms with Gasteiger partial charge >= 0.3 is 6.18 Å². The van der Waals surface area contributed by atoms with Crippen LogP contribution in [-0.2, 0) is 17.4 Å². The number of hydrogen-bond acceptors (Lipinski definition) is 3. The van der Waals surface area contributed by atoms with Crippen LogP contribution in [0.5, 0.6) is 0 Å². The van der Waals surface area contributed by atoms with Crippen LogP contribution in [0.25, 0.3) is 0 Å². The molecule has 1 amide bonds. The van der Waals surface area contributed by atoms with E-state index in [1.165, 1.54) is 23.4 Å². The summed E-state index contributed by atoms with van der Waals surface area (Å²) in [5.74, 6) is 0.144. The molecule has 0 aromatic heterocycles. The third-order valence-electron chi connectivity index (χ3n) is 7.20. The largest absolute Gasteiger partial charge is 0.416 e. The van der Waals surface area contributed by atoms with E-state index in [0.717, 1.165) is 38.3 Å². The first kappa shape index (κ1) is 21.2. The van der Waals surface area contributed by atoms with Crippen LogP contribution in [0.3, 0.4) is 0 Å². The minimum atomic E-state index is -4.35. The molecule has 2 saturated heterocycles. The number of fused-ring (bicyclic) bond motifs is 3. The zero-order valence-corrected chi connectivity index (χ0v) is 18.0. The van der Waals surface area contributed by atoms with Crippen molar-refractivity contribution in [3.63, 3.8) is 0 Å². The molecule has 2 aromatic rings. The number of para-hydroxylation sites is 1. The highest BCUT2D eigenvalue weighted by Gasteiger charge is 2.41. The Morgan fingerprint density at radius 1 is 0.906 bits per heavy atom. The number of anilines is 2. The maximum atomic E-state index is 13.6. The molecule has 2 fully saturated rings. The van der Waals surface area contributed by atoms with Crippen LogP contribution < -0.4 is 9.80 Å². The van der Waals surface area contributed by atoms with Crippen LogP contribution in [0.1, 0.15) is 30.4 Å². The summed E-state index contributed by atoms with van der Waals surface area (Å²) in [7, 11) is 0. The van der Waals surface area contributed by atoms with Crippen LogP contribution in [0, 0.1) is 5.92 Å². The summed E-state index contributed by atoms with van der Waals surface area (Å²) in [6, 6.07) is 14.1. The molecule has 0 aliphatic carbocycles. The number of alkyl halides is 3. The van der Waals surface area contributed by atoms with Gasteiger partial charge in [0, 0.05) is 50.1 Å². The normalized spacial score (nSPS) is 23.5. The van der Waals surface area contributed by atoms with Gasteiger partial charge in [0.15, 0.2) is 0 Å². The van der Waals surface area contributed by atoms with Gasteiger partial charge in [-0.1, -0.05) is 24.3 Å². The Morgan fingerprint density at radius 2 is 1.69 bits per heavy atom. The predicted molar refractivity (Wildman–Crippen MR) is 119 cm³/mol. The van der Waals surface area contributed by atoms with Gasteiger partial charge in [0.25, 0.3) is 0 Å². The first-order chi connectivity index (χ1) is 15.4. The number of piperazine rings is 1. The first-order valence-electron chi connectivity index (χ1n) is 11.5. The second-order valence-electron chi connectivity index (χ2n) is 9.06. The number of amides is 1. The lowest BCUT2D eigenvalue weighted by atomic mass is 9.80. The molecule has 32 heavy (non-hydrogen) atoms. The van der Waals surface area contributed by atoms with Crippen molar-refractivity contribution in [1.82, 2.24) is 4.90 Å². The minimum absolute atomic E-state index is 0.0506. The highest BCUT2D eigenvalue weighted by atomic mass is 19.4. The summed E-state index contributed by atoms with van der Waals surface area (Å²) in [4.78, 5) is 19.9. The zero-order chi connectivity index (χ0) is 22.3. The van der Waals surface area contributed by atoms with Crippen LogP contribution in [-0.4, -0.2) is 49.6 Å². The molecular formula is C25H28F3N3O. The fourth-order valence-electron chi connectivity index (χ4n) is 5.56. The van der Waals surface area contributed by atoms with Gasteiger partial charge in [0.2, 0.25) is 5.91 Å². The van der Waals surface area contributed by atoms with Crippen LogP contribution in [0.15, 0.2) is 48.5 Å². The Labute approximate surface area is 186 Å². The lowest BCUT2D eigenvalue weighted by molar-refractivity contribution is -0.137. The minimum Gasteiger partial charge on any atom is -0.368 e. The number of benzene rings is 2. The molecule has 0 N–H and O–H groups in total. The molecular weight excluding hydrogens is 415 g/mol. The van der Waals surface area contributed by atoms with Crippen molar-refractivity contribution < 1.29 is 18.0 Å². The standard InChI is InChI=1S/C25H28F3N3O/c26-25(27,28)19-7-5-8-20(17-19)29-12-14-30(15-13-29)24(32)21-16-18-6-1-2-9-22(18)31-11-4-3-10-23(21)31/h1-2,5-9,17,21,23H,3-4,10-16H2. The maximum absolute atomic E-state index is 13.6. The number of rotatable bonds is 2. The van der Waals surface area contributed by atoms with Crippen molar-refractivity contribution in [2.45, 2.75) is 37.9 Å². The molecule has 5 rings (SSSR count). The van der Waals surface area contributed by atoms with Crippen LogP contribution >= 0.6 is 0 Å². The number of nitrogens with zero attached hydrogens (tertiary/aromatic N) is 3. The molecule has 3 aliphatic rings. The molecule has 4 nitrogen and oxygen atoms in total. The monoisotopic (exact) mass is 443 g/mol. The summed E-state index contributed by atoms with van der Waals surface area (Å²) in [6.07, 6.45) is -0.242. The molecule has 170 valence electrons. The average molecular weight is 444 g/mol. The van der Waals surface area contributed by atoms with Crippen molar-refractivity contribution in [1.29, 1.82) is 0 Å². The van der Waals surface area contributed by atoms with E-state index in [1.54, 1.807) is 6.07 Å². The molecule has 0 bridgehead atoms. The highest BCUT2D eigenvalue weighted by Crippen LogP contribution is 2.39. The fourth-order valence-corrected chi connectivity index (χ4v) is 5.56. The van der Waals surface area contributed by atoms with E-state index >= 15 is 0 Å². The van der Waals surface area contributed by atoms with Crippen LogP contribution in [0.4, 0.5) is 24.5 Å². The van der Waals surface area contributed by atoms with Gasteiger partial charge in [-0.05, 0) is 55.5 Å². The van der Waals surface area contributed by atoms with Crippen LogP contribution in [0.2, 0.25) is 0 Å². The van der Waals surface area contributed by atoms with Gasteiger partial charge in [0.1, 0.15) is 0 Å². The lowest BCUT2D eigenvalue weighted by Gasteiger charge is -2.47. The highest BCUT2D eigenvalue weighted by molar-refractivity contribution is 5.82. The Balaban J connectivity index is 1.29. The quantitative estimate of drug-likeness (QED) is 0.680. The van der Waals surface area contributed by atoms with Crippen molar-refractivity contribution >= 4 is 17.3 Å². The second kappa shape index (κ2) is 8.34. The summed E-state index contributed by atoms with van der Waals surface area (Å²) >= 11 is 0. The number of halogens is 3. The van der Waals surface area contributed by atoms with E-state index in [4.69, 9.17) is 0 Å². The number of carbonyl (C=O) groups excluding carboxylic acids is 1. The topological polar surface area (TPSA) is 26.8 Å². The Kier molecular flexibility index (Phi) is 5.51. The van der Waals surface area contributed by atoms with E-state index in [0.29, 0.717) is 31.9 Å². The Bertz CT molecular complexity index is 984. The van der Waals surface area contributed by atoms with E-state index in [-0.39, 0.29) is 17.9 Å². The van der Waals surface area contributed by atoms with E-state index in [9.17, 15) is 18.0 Å². The summed E-state index contributed by atoms with van der Waals surface area (Å²) < 4.78 is 39.2. The second-order valence-corrected chi connectivity index (χ2v) is 9.06. The summed E-state index contributed by atoms with van der Waals surface area (Å²) in [6.45, 7) is 3.17. The molecule has 2 aromatic carbocycles. The van der Waals surface area contributed by atoms with E-state index < -0.39 is 11.7 Å². The number of carbonyl (C=O) groups is 1. The smallest absolute Gasteiger partial charge is 0.368 e. The zero-order valence-electron chi connectivity index (χ0n) is 18.0. The van der Waals surface area contributed by atoms with Gasteiger partial charge in [-0.3, -0.25) is 4.79 Å². The third-order valence-corrected chi connectivity index (χ3v) is 7.20. The van der Waals surface area contributed by atoms with Gasteiger partial charge in [-0.15, -0.1) is 0 Å². The van der Waals surface area contributed by atoms with Crippen molar-refractivity contribution in [2.24, 2.45) is 5.92 Å². The molecule has 0 saturated carbocycles. The number of piperidine rings is 1. The average Bonchev–Trinajstić information content (AvgIpc) is 2.83. The summed E-state index contributed by atoms with van der Waals surface area (Å²) in [5, 5.41) is 0. The lowest BCUT2D eigenvalue weighted by Crippen LogP contribution is -2.57. The number of hydrogen-bond donors (Lipinski definition) is 0. The van der Waals surface area contributed by atoms with E-state index in [1.807, 2.05) is 15.9 Å². The molecule has 2 atom stereocenters. The van der Waals surface area contributed by atoms with Crippen molar-refractivity contribution in [3.05, 3.63) is 59.7 Å². The Morgan fingerprint density at radius 3 is 2.47 bits per heavy atom. The fraction of sp³-hybridized carbons (Fsp3) is 0.480. The molecule has 2 unspecified atom stereocenters. The molecule has 0 spiro atoms. The van der Waals surface area contributed by atoms with Gasteiger partial charge in [-0.25, -0.2) is 0 Å². The van der Waals surface area contributed by atoms with E-state index in [2.05, 4.69) is 23.1 Å². The van der Waals surface area contributed by atoms with Gasteiger partial charge in [-0.2, -0.15) is 13.2 Å². The first-order valence-corrected chi connectivity index (χ1v) is 11.5. The third kappa shape index (κ3) is 3.93. The Hall–Kier alpha value is -2.70. The molecule has 7 heteroatoms. The molecule has 0 radical (unpaired) electrons. The van der Waals surface area contributed by atoms with Gasteiger partial charge in [0.05, 0.1) is 11.5 Å². The molecule has 3 aliphatic heterocycles. The predicted octanol–water partition coefficient (Wildman–Crippen LogP) is 4.59. The summed E-state index contributed by atoms with van der Waals surface area (Å²) in [5.41, 5.74) is 2.45. The van der Waals surface area contributed by atoms with Crippen molar-refractivity contribution in [2.75, 3.05) is 42.5 Å². The molecule has 3 heterocycles. The van der Waals surface area contributed by atoms with Gasteiger partial charge < -0.3 is 14.7 Å².